The van der Waals surface area contributed by atoms with Crippen LogP contribution in [0.3, 0.4) is 0 Å². The van der Waals surface area contributed by atoms with Gasteiger partial charge in [0.15, 0.2) is 0 Å². The summed E-state index contributed by atoms with van der Waals surface area (Å²) in [4.78, 5) is 65.1. The van der Waals surface area contributed by atoms with Crippen LogP contribution in [0.2, 0.25) is 0 Å². The molecule has 0 radical (unpaired) electrons. The average molecular weight is 546 g/mol. The molecule has 0 saturated heterocycles. The molecular formula is C27H39N5O7. The number of nitrogens with one attached hydrogen (secondary N) is 4. The van der Waals surface area contributed by atoms with Crippen molar-refractivity contribution in [1.29, 1.82) is 0 Å². The van der Waals surface area contributed by atoms with Crippen LogP contribution in [0.15, 0.2) is 30.5 Å². The van der Waals surface area contributed by atoms with Gasteiger partial charge in [0.1, 0.15) is 18.1 Å². The molecule has 0 spiro atoms. The van der Waals surface area contributed by atoms with Crippen LogP contribution >= 0.6 is 0 Å². The fraction of sp³-hybridized carbons (Fsp3) is 0.519. The summed E-state index contributed by atoms with van der Waals surface area (Å²) in [6.45, 7) is 6.93. The first kappa shape index (κ1) is 31.3. The highest BCUT2D eigenvalue weighted by molar-refractivity contribution is 5.95. The highest BCUT2D eigenvalue weighted by atomic mass is 16.4. The van der Waals surface area contributed by atoms with Gasteiger partial charge in [-0.25, -0.2) is 4.79 Å². The fourth-order valence-electron chi connectivity index (χ4n) is 4.13. The smallest absolute Gasteiger partial charge is 0.326 e. The molecule has 8 N–H and O–H groups in total. The monoisotopic (exact) mass is 545 g/mol. The summed E-state index contributed by atoms with van der Waals surface area (Å²) >= 11 is 0. The highest BCUT2D eigenvalue weighted by Crippen LogP contribution is 2.20. The zero-order valence-electron chi connectivity index (χ0n) is 22.7. The van der Waals surface area contributed by atoms with E-state index >= 15 is 0 Å². The maximum atomic E-state index is 13.4. The number of amides is 3. The van der Waals surface area contributed by atoms with Crippen molar-refractivity contribution in [3.05, 3.63) is 36.0 Å². The van der Waals surface area contributed by atoms with E-state index in [2.05, 4.69) is 20.9 Å². The standard InChI is InChI=1S/C27H39N5O7/c1-5-15(4)23(27(38)39)32-25(36)20(12-16-13-29-19-9-7-6-8-17(16)19)30-26(37)22(14(2)3)31-24(35)18(28)10-11-21(33)34/h6-9,13-15,18,20,22-23,29H,5,10-12,28H2,1-4H3,(H,30,37)(H,31,35)(H,32,36)(H,33,34)(H,38,39). The lowest BCUT2D eigenvalue weighted by molar-refractivity contribution is -0.144. The van der Waals surface area contributed by atoms with Gasteiger partial charge in [-0.15, -0.1) is 0 Å². The number of carbonyl (C=O) groups excluding carboxylic acids is 3. The Bertz CT molecular complexity index is 1180. The molecule has 5 atom stereocenters. The Hall–Kier alpha value is -3.93. The second-order valence-electron chi connectivity index (χ2n) is 10.1. The summed E-state index contributed by atoms with van der Waals surface area (Å²) < 4.78 is 0. The van der Waals surface area contributed by atoms with E-state index in [1.165, 1.54) is 0 Å². The van der Waals surface area contributed by atoms with Gasteiger partial charge in [0.25, 0.3) is 0 Å². The molecule has 0 saturated carbocycles. The molecule has 39 heavy (non-hydrogen) atoms. The van der Waals surface area contributed by atoms with Gasteiger partial charge in [-0.05, 0) is 29.9 Å². The first-order chi connectivity index (χ1) is 18.3. The second-order valence-corrected chi connectivity index (χ2v) is 10.1. The third kappa shape index (κ3) is 8.81. The van der Waals surface area contributed by atoms with Crippen LogP contribution in [0, 0.1) is 11.8 Å². The minimum absolute atomic E-state index is 0.0608. The molecule has 0 aliphatic rings. The minimum Gasteiger partial charge on any atom is -0.481 e. The van der Waals surface area contributed by atoms with Crippen molar-refractivity contribution in [3.8, 4) is 0 Å². The van der Waals surface area contributed by atoms with E-state index in [9.17, 15) is 29.1 Å². The number of carbonyl (C=O) groups is 5. The van der Waals surface area contributed by atoms with Gasteiger partial charge in [-0.1, -0.05) is 52.3 Å². The van der Waals surface area contributed by atoms with Crippen molar-refractivity contribution in [2.24, 2.45) is 17.6 Å². The fourth-order valence-corrected chi connectivity index (χ4v) is 4.13. The van der Waals surface area contributed by atoms with Crippen LogP contribution in [0.25, 0.3) is 10.9 Å². The number of nitrogens with two attached hydrogens (primary N) is 1. The number of aromatic amines is 1. The predicted octanol–water partition coefficient (Wildman–Crippen LogP) is 1.14. The summed E-state index contributed by atoms with van der Waals surface area (Å²) in [5, 5.41) is 27.2. The van der Waals surface area contributed by atoms with Crippen LogP contribution in [0.5, 0.6) is 0 Å². The Morgan fingerprint density at radius 1 is 0.923 bits per heavy atom. The van der Waals surface area contributed by atoms with E-state index in [4.69, 9.17) is 10.8 Å². The number of benzene rings is 1. The number of hydrogen-bond donors (Lipinski definition) is 7. The van der Waals surface area contributed by atoms with Crippen molar-refractivity contribution in [2.45, 2.75) is 77.5 Å². The molecule has 1 heterocycles. The second kappa shape index (κ2) is 14.3. The first-order valence-corrected chi connectivity index (χ1v) is 13.0. The first-order valence-electron chi connectivity index (χ1n) is 13.0. The van der Waals surface area contributed by atoms with E-state index < -0.39 is 59.7 Å². The molecule has 1 aromatic carbocycles. The lowest BCUT2D eigenvalue weighted by Crippen LogP contribution is -2.59. The van der Waals surface area contributed by atoms with E-state index in [1.807, 2.05) is 31.2 Å². The minimum atomic E-state index is -1.18. The summed E-state index contributed by atoms with van der Waals surface area (Å²) in [6.07, 6.45) is 1.89. The van der Waals surface area contributed by atoms with Gasteiger partial charge in [0.2, 0.25) is 17.7 Å². The van der Waals surface area contributed by atoms with Crippen molar-refractivity contribution >= 4 is 40.6 Å². The summed E-state index contributed by atoms with van der Waals surface area (Å²) in [5.41, 5.74) is 7.38. The highest BCUT2D eigenvalue weighted by Gasteiger charge is 2.33. The Kier molecular flexibility index (Phi) is 11.5. The van der Waals surface area contributed by atoms with Crippen LogP contribution < -0.4 is 21.7 Å². The van der Waals surface area contributed by atoms with Crippen LogP contribution in [-0.4, -0.2) is 69.0 Å². The maximum Gasteiger partial charge on any atom is 0.326 e. The Balaban J connectivity index is 2.30. The van der Waals surface area contributed by atoms with E-state index in [0.717, 1.165) is 16.5 Å². The normalized spacial score (nSPS) is 15.1. The molecule has 2 aromatic rings. The topological polar surface area (TPSA) is 204 Å². The number of carboxylic acid groups (broad SMARTS) is 2. The van der Waals surface area contributed by atoms with Crippen molar-refractivity contribution < 1.29 is 34.2 Å². The number of H-pyrrole nitrogens is 1. The third-order valence-corrected chi connectivity index (χ3v) is 6.76. The molecular weight excluding hydrogens is 506 g/mol. The van der Waals surface area contributed by atoms with Gasteiger partial charge in [-0.3, -0.25) is 19.2 Å². The van der Waals surface area contributed by atoms with Crippen molar-refractivity contribution in [3.63, 3.8) is 0 Å². The molecule has 2 rings (SSSR count). The number of aromatic nitrogens is 1. The van der Waals surface area contributed by atoms with Gasteiger partial charge < -0.3 is 36.9 Å². The number of carboxylic acids is 2. The molecule has 214 valence electrons. The largest absolute Gasteiger partial charge is 0.481 e. The summed E-state index contributed by atoms with van der Waals surface area (Å²) in [5.74, 6) is -5.05. The number of para-hydroxylation sites is 1. The van der Waals surface area contributed by atoms with Crippen LogP contribution in [0.4, 0.5) is 0 Å². The summed E-state index contributed by atoms with van der Waals surface area (Å²) in [7, 11) is 0. The maximum absolute atomic E-state index is 13.4. The third-order valence-electron chi connectivity index (χ3n) is 6.76. The average Bonchev–Trinajstić information content (AvgIpc) is 3.29. The number of hydrogen-bond acceptors (Lipinski definition) is 6. The zero-order valence-corrected chi connectivity index (χ0v) is 22.7. The Morgan fingerprint density at radius 3 is 2.15 bits per heavy atom. The van der Waals surface area contributed by atoms with Crippen molar-refractivity contribution in [2.75, 3.05) is 0 Å². The molecule has 1 aromatic heterocycles. The Morgan fingerprint density at radius 2 is 1.56 bits per heavy atom. The molecule has 0 bridgehead atoms. The summed E-state index contributed by atoms with van der Waals surface area (Å²) in [6, 6.07) is 2.92. The molecule has 12 nitrogen and oxygen atoms in total. The number of rotatable bonds is 15. The molecule has 0 aliphatic heterocycles. The Labute approximate surface area is 227 Å². The predicted molar refractivity (Wildman–Crippen MR) is 145 cm³/mol. The number of aliphatic carboxylic acids is 2. The molecule has 12 heteroatoms. The van der Waals surface area contributed by atoms with E-state index in [-0.39, 0.29) is 25.2 Å². The quantitative estimate of drug-likeness (QED) is 0.172. The molecule has 5 unspecified atom stereocenters. The van der Waals surface area contributed by atoms with E-state index in [1.54, 1.807) is 27.0 Å². The van der Waals surface area contributed by atoms with Gasteiger partial charge in [0, 0.05) is 29.9 Å². The molecule has 0 fully saturated rings. The van der Waals surface area contributed by atoms with Crippen LogP contribution in [0.1, 0.15) is 52.5 Å². The number of fused-ring (bicyclic) bond motifs is 1. The van der Waals surface area contributed by atoms with Gasteiger partial charge in [0.05, 0.1) is 6.04 Å². The van der Waals surface area contributed by atoms with Crippen LogP contribution in [-0.2, 0) is 30.4 Å². The lowest BCUT2D eigenvalue weighted by atomic mass is 9.97. The molecule has 3 amide bonds. The SMILES string of the molecule is CCC(C)C(NC(=O)C(Cc1c[nH]c2ccccc12)NC(=O)C(NC(=O)C(N)CCC(=O)O)C(C)C)C(=O)O. The van der Waals surface area contributed by atoms with E-state index in [0.29, 0.717) is 6.42 Å². The van der Waals surface area contributed by atoms with Gasteiger partial charge in [-0.2, -0.15) is 0 Å². The van der Waals surface area contributed by atoms with Gasteiger partial charge >= 0.3 is 11.9 Å². The lowest BCUT2D eigenvalue weighted by Gasteiger charge is -2.28. The van der Waals surface area contributed by atoms with Crippen molar-refractivity contribution in [1.82, 2.24) is 20.9 Å². The zero-order chi connectivity index (χ0) is 29.3. The molecule has 0 aliphatic carbocycles.